The van der Waals surface area contributed by atoms with E-state index in [2.05, 4.69) is 9.68 Å². The average molecular weight is 563 g/mol. The normalized spacial score (nSPS) is 19.0. The van der Waals surface area contributed by atoms with E-state index in [0.29, 0.717) is 30.4 Å². The van der Waals surface area contributed by atoms with Gasteiger partial charge in [0.05, 0.1) is 15.3 Å². The lowest BCUT2D eigenvalue weighted by Crippen LogP contribution is -2.29. The number of aromatic nitrogens is 1. The van der Waals surface area contributed by atoms with Crippen molar-refractivity contribution >= 4 is 33.2 Å². The molecule has 212 valence electrons. The average Bonchev–Trinajstić information content (AvgIpc) is 3.65. The second kappa shape index (κ2) is 11.2. The lowest BCUT2D eigenvalue weighted by molar-refractivity contribution is -0.0102. The fourth-order valence-corrected chi connectivity index (χ4v) is 5.50. The van der Waals surface area contributed by atoms with Crippen LogP contribution in [0.2, 0.25) is 0 Å². The smallest absolute Gasteiger partial charge is 0.442 e. The molecule has 1 saturated carbocycles. The number of hydrogen-bond donors (Lipinski definition) is 1. The molecule has 8 nitrogen and oxygen atoms in total. The second-order valence-electron chi connectivity index (χ2n) is 11.4. The fraction of sp³-hybridized carbons (Fsp3) is 0.536. The van der Waals surface area contributed by atoms with E-state index in [1.807, 2.05) is 6.07 Å². The number of ether oxygens (including phenoxy) is 1. The van der Waals surface area contributed by atoms with Gasteiger partial charge in [0.2, 0.25) is 5.92 Å². The van der Waals surface area contributed by atoms with Gasteiger partial charge >= 0.3 is 6.09 Å². The number of alkyl halides is 2. The molecular formula is C28H36F2N4O4S. The Labute approximate surface area is 228 Å². The van der Waals surface area contributed by atoms with Crippen molar-refractivity contribution < 1.29 is 27.3 Å². The van der Waals surface area contributed by atoms with E-state index in [4.69, 9.17) is 9.72 Å². The third-order valence-electron chi connectivity index (χ3n) is 6.56. The molecular weight excluding hydrogens is 526 g/mol. The fourth-order valence-electron chi connectivity index (χ4n) is 4.40. The van der Waals surface area contributed by atoms with Crippen LogP contribution < -0.4 is 10.2 Å². The first kappa shape index (κ1) is 28.9. The summed E-state index contributed by atoms with van der Waals surface area (Å²) in [5.74, 6) is -2.22. The monoisotopic (exact) mass is 562 g/mol. The number of nitrogens with zero attached hydrogens (tertiary/aromatic N) is 3. The van der Waals surface area contributed by atoms with Crippen LogP contribution in [0.25, 0.3) is 0 Å². The van der Waals surface area contributed by atoms with Crippen molar-refractivity contribution in [2.24, 2.45) is 10.3 Å². The van der Waals surface area contributed by atoms with Crippen molar-refractivity contribution in [3.05, 3.63) is 47.7 Å². The van der Waals surface area contributed by atoms with Crippen molar-refractivity contribution in [1.82, 2.24) is 4.98 Å². The summed E-state index contributed by atoms with van der Waals surface area (Å²) in [6, 6.07) is 9.80. The quantitative estimate of drug-likeness (QED) is 0.443. The predicted octanol–water partition coefficient (Wildman–Crippen LogP) is 6.30. The molecule has 1 aliphatic carbocycles. The van der Waals surface area contributed by atoms with Crippen LogP contribution in [-0.4, -0.2) is 52.1 Å². The van der Waals surface area contributed by atoms with Gasteiger partial charge in [-0.15, -0.1) is 4.36 Å². The second-order valence-corrected chi connectivity index (χ2v) is 13.6. The number of nitrogens with one attached hydrogen (secondary N) is 1. The summed E-state index contributed by atoms with van der Waals surface area (Å²) in [4.78, 5) is 32.4. The van der Waals surface area contributed by atoms with Gasteiger partial charge in [-0.1, -0.05) is 6.07 Å². The molecule has 11 heteroatoms. The molecule has 0 bridgehead atoms. The Morgan fingerprint density at radius 3 is 2.62 bits per heavy atom. The van der Waals surface area contributed by atoms with Crippen molar-refractivity contribution in [2.75, 3.05) is 29.6 Å². The van der Waals surface area contributed by atoms with Crippen LogP contribution in [0.5, 0.6) is 0 Å². The largest absolute Gasteiger partial charge is 0.442 e. The molecule has 0 unspecified atom stereocenters. The Bertz CT molecular complexity index is 1360. The lowest BCUT2D eigenvalue weighted by atomic mass is 10.1. The first-order chi connectivity index (χ1) is 18.2. The number of benzene rings is 1. The number of amides is 2. The maximum absolute atomic E-state index is 14.1. The molecule has 1 N–H and O–H groups in total. The van der Waals surface area contributed by atoms with Crippen LogP contribution in [0, 0.1) is 5.92 Å². The van der Waals surface area contributed by atoms with E-state index in [-0.39, 0.29) is 29.8 Å². The van der Waals surface area contributed by atoms with Crippen LogP contribution in [0.15, 0.2) is 45.7 Å². The Kier molecular flexibility index (Phi) is 8.30. The molecule has 1 aliphatic heterocycles. The zero-order valence-corrected chi connectivity index (χ0v) is 23.7. The Balaban J connectivity index is 1.59. The molecule has 0 radical (unpaired) electrons. The van der Waals surface area contributed by atoms with Crippen LogP contribution in [0.3, 0.4) is 0 Å². The number of pyridine rings is 1. The zero-order valence-electron chi connectivity index (χ0n) is 22.8. The molecule has 0 spiro atoms. The van der Waals surface area contributed by atoms with Gasteiger partial charge < -0.3 is 15.0 Å². The summed E-state index contributed by atoms with van der Waals surface area (Å²) in [6.07, 6.45) is 3.30. The number of halogens is 2. The highest BCUT2D eigenvalue weighted by Gasteiger charge is 2.33. The minimum Gasteiger partial charge on any atom is -0.442 e. The Morgan fingerprint density at radius 2 is 1.92 bits per heavy atom. The molecule has 1 saturated heterocycles. The van der Waals surface area contributed by atoms with Crippen molar-refractivity contribution in [2.45, 2.75) is 75.7 Å². The van der Waals surface area contributed by atoms with E-state index >= 15 is 0 Å². The predicted molar refractivity (Wildman–Crippen MR) is 147 cm³/mol. The summed E-state index contributed by atoms with van der Waals surface area (Å²) >= 11 is 0. The Hall–Kier alpha value is -3.08. The van der Waals surface area contributed by atoms with Gasteiger partial charge in [-0.3, -0.25) is 4.79 Å². The van der Waals surface area contributed by atoms with Crippen LogP contribution >= 0.6 is 0 Å². The topological polar surface area (TPSA) is 101 Å². The number of rotatable bonds is 6. The molecule has 4 rings (SSSR count). The standard InChI is InChI=1S/C28H36F2N4O4S/c1-27(2,3)38-26(36)33-39(4,37)22-8-5-7-20(18-22)32-25(35)23-12-11-21(17-19-9-10-19)31-24(23)34-15-6-13-28(29,30)14-16-34/h5,7-8,11-12,18-19H,6,9-10,13-17H2,1-4H3,(H,32,35)/t39-/m0/s1. The van der Waals surface area contributed by atoms with Gasteiger partial charge in [0, 0.05) is 48.5 Å². The molecule has 1 atom stereocenters. The van der Waals surface area contributed by atoms with Gasteiger partial charge in [0.25, 0.3) is 5.91 Å². The summed E-state index contributed by atoms with van der Waals surface area (Å²) in [5.41, 5.74) is 0.689. The van der Waals surface area contributed by atoms with Crippen molar-refractivity contribution in [3.63, 3.8) is 0 Å². The molecule has 2 aliphatic rings. The maximum Gasteiger partial charge on any atom is 0.442 e. The molecule has 2 fully saturated rings. The molecule has 2 amide bonds. The molecule has 2 aromatic rings. The SMILES string of the molecule is CC(C)(C)OC(=O)N=[S@@](C)(=O)c1cccc(NC(=O)c2ccc(CC3CC3)nc2N2CCCC(F)(F)CC2)c1. The molecule has 2 heterocycles. The van der Waals surface area contributed by atoms with Gasteiger partial charge in [-0.25, -0.2) is 22.8 Å². The number of carbonyl (C=O) groups excluding carboxylic acids is 2. The van der Waals surface area contributed by atoms with E-state index in [0.717, 1.165) is 25.0 Å². The van der Waals surface area contributed by atoms with Crippen LogP contribution in [0.4, 0.5) is 25.1 Å². The highest BCUT2D eigenvalue weighted by atomic mass is 32.2. The van der Waals surface area contributed by atoms with Gasteiger partial charge in [-0.2, -0.15) is 0 Å². The van der Waals surface area contributed by atoms with Gasteiger partial charge in [0.1, 0.15) is 11.4 Å². The summed E-state index contributed by atoms with van der Waals surface area (Å²) in [7, 11) is -3.15. The van der Waals surface area contributed by atoms with Crippen LogP contribution in [-0.2, 0) is 20.9 Å². The minimum absolute atomic E-state index is 0.104. The zero-order chi connectivity index (χ0) is 28.4. The molecule has 1 aromatic carbocycles. The van der Waals surface area contributed by atoms with Gasteiger partial charge in [-0.05, 0) is 82.7 Å². The van der Waals surface area contributed by atoms with Crippen LogP contribution in [0.1, 0.15) is 68.9 Å². The molecule has 39 heavy (non-hydrogen) atoms. The number of carbonyl (C=O) groups is 2. The minimum atomic E-state index is -3.15. The summed E-state index contributed by atoms with van der Waals surface area (Å²) in [5, 5.41) is 2.81. The third-order valence-corrected chi connectivity index (χ3v) is 8.19. The number of anilines is 2. The third kappa shape index (κ3) is 8.20. The van der Waals surface area contributed by atoms with E-state index in [1.54, 1.807) is 49.9 Å². The first-order valence-corrected chi connectivity index (χ1v) is 15.1. The number of hydrogen-bond acceptors (Lipinski definition) is 6. The highest BCUT2D eigenvalue weighted by molar-refractivity contribution is 7.93. The first-order valence-electron chi connectivity index (χ1n) is 13.2. The summed E-state index contributed by atoms with van der Waals surface area (Å²) < 4.78 is 50.3. The van der Waals surface area contributed by atoms with Crippen molar-refractivity contribution in [1.29, 1.82) is 0 Å². The van der Waals surface area contributed by atoms with Crippen molar-refractivity contribution in [3.8, 4) is 0 Å². The lowest BCUT2D eigenvalue weighted by Gasteiger charge is -2.24. The highest BCUT2D eigenvalue weighted by Crippen LogP contribution is 2.34. The van der Waals surface area contributed by atoms with E-state index in [9.17, 15) is 22.6 Å². The maximum atomic E-state index is 14.1. The van der Waals surface area contributed by atoms with E-state index < -0.39 is 33.3 Å². The Morgan fingerprint density at radius 1 is 1.18 bits per heavy atom. The van der Waals surface area contributed by atoms with Gasteiger partial charge in [0.15, 0.2) is 0 Å². The summed E-state index contributed by atoms with van der Waals surface area (Å²) in [6.45, 7) is 5.55. The molecule has 1 aromatic heterocycles. The van der Waals surface area contributed by atoms with E-state index in [1.165, 1.54) is 12.3 Å².